The third-order valence-electron chi connectivity index (χ3n) is 2.72. The second-order valence-electron chi connectivity index (χ2n) is 4.73. The number of rotatable bonds is 6. The first-order valence-corrected chi connectivity index (χ1v) is 12.6. The maximum absolute atomic E-state index is 11.3. The summed E-state index contributed by atoms with van der Waals surface area (Å²) in [5.41, 5.74) is 0. The SMILES string of the molecule is O=S(O)CS(=O)(=O)c1ccccc1.O=S(O)CS(=O)(=O)c1ccccc1.[Zn]. The van der Waals surface area contributed by atoms with Gasteiger partial charge in [-0.1, -0.05) is 36.4 Å². The van der Waals surface area contributed by atoms with Crippen LogP contribution in [0, 0.1) is 0 Å². The minimum Gasteiger partial charge on any atom is -0.305 e. The zero-order chi connectivity index (χ0) is 19.8. The Morgan fingerprint density at radius 2 is 0.889 bits per heavy atom. The fourth-order valence-corrected chi connectivity index (χ4v) is 6.01. The Kier molecular flexibility index (Phi) is 11.5. The maximum Gasteiger partial charge on any atom is 0.192 e. The van der Waals surface area contributed by atoms with Gasteiger partial charge in [0.15, 0.2) is 52.0 Å². The molecule has 2 aromatic carbocycles. The largest absolute Gasteiger partial charge is 0.305 e. The molecular weight excluding hydrogens is 490 g/mol. The van der Waals surface area contributed by atoms with Gasteiger partial charge in [-0.15, -0.1) is 0 Å². The Labute approximate surface area is 175 Å². The van der Waals surface area contributed by atoms with Crippen molar-refractivity contribution in [3.63, 3.8) is 0 Å². The van der Waals surface area contributed by atoms with E-state index in [4.69, 9.17) is 9.11 Å². The van der Waals surface area contributed by atoms with Crippen molar-refractivity contribution >= 4 is 41.8 Å². The average Bonchev–Trinajstić information content (AvgIpc) is 2.55. The van der Waals surface area contributed by atoms with Gasteiger partial charge in [0.25, 0.3) is 0 Å². The van der Waals surface area contributed by atoms with E-state index < -0.39 is 52.0 Å². The standard InChI is InChI=1S/2C7H8O4S2.Zn/c2*8-12(9)6-13(10,11)7-4-2-1-3-5-7;/h2*1-5H,6H2,(H,8,9);. The second-order valence-corrected chi connectivity index (χ2v) is 11.3. The van der Waals surface area contributed by atoms with Gasteiger partial charge in [0.1, 0.15) is 0 Å². The molecule has 2 atom stereocenters. The van der Waals surface area contributed by atoms with Gasteiger partial charge in [0, 0.05) is 19.5 Å². The van der Waals surface area contributed by atoms with E-state index >= 15 is 0 Å². The van der Waals surface area contributed by atoms with Gasteiger partial charge in [-0.3, -0.25) is 0 Å². The Hall–Kier alpha value is -0.817. The summed E-state index contributed by atoms with van der Waals surface area (Å²) in [4.78, 5) is 0.134. The molecule has 0 aliphatic rings. The predicted octanol–water partition coefficient (Wildman–Crippen LogP) is 1.28. The molecule has 2 unspecified atom stereocenters. The molecule has 2 rings (SSSR count). The van der Waals surface area contributed by atoms with Crippen LogP contribution in [0.5, 0.6) is 0 Å². The molecule has 0 fully saturated rings. The molecule has 146 valence electrons. The second kappa shape index (κ2) is 11.9. The maximum atomic E-state index is 11.3. The zero-order valence-electron chi connectivity index (χ0n) is 13.9. The third kappa shape index (κ3) is 9.79. The number of hydrogen-bond acceptors (Lipinski definition) is 6. The molecule has 0 spiro atoms. The minimum atomic E-state index is -3.61. The smallest absolute Gasteiger partial charge is 0.192 e. The molecule has 2 N–H and O–H groups in total. The van der Waals surface area contributed by atoms with Crippen LogP contribution >= 0.6 is 0 Å². The van der Waals surface area contributed by atoms with E-state index in [0.29, 0.717) is 0 Å². The molecule has 0 radical (unpaired) electrons. The molecule has 0 amide bonds. The quantitative estimate of drug-likeness (QED) is 0.441. The summed E-state index contributed by atoms with van der Waals surface area (Å²) in [6, 6.07) is 15.2. The summed E-state index contributed by atoms with van der Waals surface area (Å²) < 4.78 is 82.7. The van der Waals surface area contributed by atoms with Crippen LogP contribution in [0.15, 0.2) is 70.5 Å². The van der Waals surface area contributed by atoms with Crippen LogP contribution in [-0.4, -0.2) is 44.5 Å². The van der Waals surface area contributed by atoms with Crippen molar-refractivity contribution in [3.05, 3.63) is 60.7 Å². The first kappa shape index (κ1) is 26.2. The summed E-state index contributed by atoms with van der Waals surface area (Å²) in [7, 11) is -7.22. The zero-order valence-corrected chi connectivity index (χ0v) is 20.1. The molecule has 0 saturated carbocycles. The van der Waals surface area contributed by atoms with Crippen LogP contribution in [0.3, 0.4) is 0 Å². The van der Waals surface area contributed by atoms with Crippen molar-refractivity contribution in [2.24, 2.45) is 0 Å². The van der Waals surface area contributed by atoms with E-state index in [2.05, 4.69) is 0 Å². The molecule has 27 heavy (non-hydrogen) atoms. The van der Waals surface area contributed by atoms with Crippen LogP contribution in [0.1, 0.15) is 0 Å². The predicted molar refractivity (Wildman–Crippen MR) is 98.5 cm³/mol. The fourth-order valence-electron chi connectivity index (χ4n) is 1.66. The summed E-state index contributed by atoms with van der Waals surface area (Å²) in [5, 5.41) is -1.51. The molecule has 2 aromatic rings. The Morgan fingerprint density at radius 3 is 1.11 bits per heavy atom. The Bertz CT molecular complexity index is 879. The van der Waals surface area contributed by atoms with E-state index in [9.17, 15) is 25.3 Å². The van der Waals surface area contributed by atoms with Crippen LogP contribution in [0.2, 0.25) is 0 Å². The molecule has 0 aliphatic carbocycles. The van der Waals surface area contributed by atoms with Gasteiger partial charge >= 0.3 is 0 Å². The van der Waals surface area contributed by atoms with Gasteiger partial charge in [-0.25, -0.2) is 25.3 Å². The summed E-state index contributed by atoms with van der Waals surface area (Å²) >= 11 is -4.65. The van der Waals surface area contributed by atoms with Crippen molar-refractivity contribution in [2.75, 3.05) is 10.2 Å². The number of benzene rings is 2. The molecular formula is C14H16O8S4Zn. The third-order valence-corrected chi connectivity index (χ3v) is 8.79. The van der Waals surface area contributed by atoms with Gasteiger partial charge in [0.2, 0.25) is 0 Å². The topological polar surface area (TPSA) is 143 Å². The van der Waals surface area contributed by atoms with Crippen LogP contribution in [-0.2, 0) is 61.3 Å². The van der Waals surface area contributed by atoms with E-state index in [0.717, 1.165) is 0 Å². The first-order chi connectivity index (χ1) is 12.0. The van der Waals surface area contributed by atoms with Gasteiger partial charge in [-0.05, 0) is 24.3 Å². The summed E-state index contributed by atoms with van der Waals surface area (Å²) in [5.74, 6) is 0. The summed E-state index contributed by atoms with van der Waals surface area (Å²) in [6.45, 7) is 0. The molecule has 8 nitrogen and oxygen atoms in total. The molecule has 0 aliphatic heterocycles. The Morgan fingerprint density at radius 1 is 0.630 bits per heavy atom. The van der Waals surface area contributed by atoms with Gasteiger partial charge in [0.05, 0.1) is 9.79 Å². The van der Waals surface area contributed by atoms with E-state index in [1.165, 1.54) is 24.3 Å². The van der Waals surface area contributed by atoms with Crippen molar-refractivity contribution in [1.29, 1.82) is 0 Å². The molecule has 0 saturated heterocycles. The minimum absolute atomic E-state index is 0. The molecule has 0 bridgehead atoms. The van der Waals surface area contributed by atoms with Crippen molar-refractivity contribution < 1.29 is 53.8 Å². The van der Waals surface area contributed by atoms with Gasteiger partial charge in [-0.2, -0.15) is 0 Å². The van der Waals surface area contributed by atoms with Crippen molar-refractivity contribution in [2.45, 2.75) is 9.79 Å². The van der Waals surface area contributed by atoms with Crippen LogP contribution in [0.4, 0.5) is 0 Å². The number of sulfone groups is 2. The number of hydrogen-bond donors (Lipinski definition) is 2. The van der Waals surface area contributed by atoms with E-state index in [1.54, 1.807) is 36.4 Å². The van der Waals surface area contributed by atoms with Crippen LogP contribution in [0.25, 0.3) is 0 Å². The normalized spacial score (nSPS) is 13.4. The van der Waals surface area contributed by atoms with Gasteiger partial charge < -0.3 is 9.11 Å². The molecule has 13 heteroatoms. The van der Waals surface area contributed by atoms with Crippen molar-refractivity contribution in [3.8, 4) is 0 Å². The molecule has 0 aromatic heterocycles. The van der Waals surface area contributed by atoms with Crippen LogP contribution < -0.4 is 0 Å². The monoisotopic (exact) mass is 504 g/mol. The molecule has 0 heterocycles. The average molecular weight is 506 g/mol. The summed E-state index contributed by atoms with van der Waals surface area (Å²) in [6.07, 6.45) is 0. The van der Waals surface area contributed by atoms with Crippen molar-refractivity contribution in [1.82, 2.24) is 0 Å². The first-order valence-electron chi connectivity index (χ1n) is 6.75. The fraction of sp³-hybridized carbons (Fsp3) is 0.143. The van der Waals surface area contributed by atoms with E-state index in [1.807, 2.05) is 0 Å². The Balaban J connectivity index is 0.000000483. The van der Waals surface area contributed by atoms with E-state index in [-0.39, 0.29) is 29.3 Å².